The molecule has 2 aromatic heterocycles. The minimum absolute atomic E-state index is 0.130. The summed E-state index contributed by atoms with van der Waals surface area (Å²) < 4.78 is 23.1. The van der Waals surface area contributed by atoms with Crippen molar-refractivity contribution in [1.82, 2.24) is 20.2 Å². The maximum absolute atomic E-state index is 16.0. The maximum atomic E-state index is 16.0. The number of nitrogens with zero attached hydrogens (tertiary/aromatic N) is 3. The zero-order valence-corrected chi connectivity index (χ0v) is 20.9. The van der Waals surface area contributed by atoms with Gasteiger partial charge in [-0.1, -0.05) is 24.8 Å². The fourth-order valence-electron chi connectivity index (χ4n) is 4.58. The van der Waals surface area contributed by atoms with E-state index in [9.17, 15) is 4.79 Å². The number of anilines is 1. The Labute approximate surface area is 213 Å². The molecule has 0 radical (unpaired) electrons. The van der Waals surface area contributed by atoms with Crippen molar-refractivity contribution in [2.75, 3.05) is 38.6 Å². The number of likely N-dealkylation sites (N-methyl/N-ethyl adjacent to an activating group) is 1. The number of halogens is 1. The Hall–Kier alpha value is -3.56. The van der Waals surface area contributed by atoms with Gasteiger partial charge in [0, 0.05) is 40.2 Å². The van der Waals surface area contributed by atoms with Crippen molar-refractivity contribution < 1.29 is 13.9 Å². The first-order valence-electron chi connectivity index (χ1n) is 12.0. The van der Waals surface area contributed by atoms with Crippen molar-refractivity contribution in [1.29, 1.82) is 0 Å². The molecule has 0 aliphatic carbocycles. The molecule has 3 heterocycles. The molecule has 0 unspecified atom stereocenters. The van der Waals surface area contributed by atoms with Gasteiger partial charge in [0.05, 0.1) is 0 Å². The summed E-state index contributed by atoms with van der Waals surface area (Å²) in [7, 11) is 2.07. The summed E-state index contributed by atoms with van der Waals surface area (Å²) in [5, 5.41) is 9.48. The lowest BCUT2D eigenvalue weighted by Crippen LogP contribution is -2.31. The second kappa shape index (κ2) is 10.6. The molecule has 9 heteroatoms. The van der Waals surface area contributed by atoms with Crippen molar-refractivity contribution in [3.63, 3.8) is 0 Å². The van der Waals surface area contributed by atoms with Gasteiger partial charge in [0.1, 0.15) is 17.9 Å². The highest BCUT2D eigenvalue weighted by Gasteiger charge is 2.23. The first kappa shape index (κ1) is 24.1. The monoisotopic (exact) mass is 505 g/mol. The number of aromatic nitrogens is 2. The molecule has 5 rings (SSSR count). The number of benzene rings is 2. The third-order valence-corrected chi connectivity index (χ3v) is 7.43. The van der Waals surface area contributed by atoms with Gasteiger partial charge in [-0.3, -0.25) is 4.79 Å². The highest BCUT2D eigenvalue weighted by molar-refractivity contribution is 7.17. The Kier molecular flexibility index (Phi) is 7.11. The third-order valence-electron chi connectivity index (χ3n) is 6.55. The number of hydrogen-bond acceptors (Lipinski definition) is 7. The molecule has 7 nitrogen and oxygen atoms in total. The van der Waals surface area contributed by atoms with Gasteiger partial charge in [-0.25, -0.2) is 4.39 Å². The lowest BCUT2D eigenvalue weighted by atomic mass is 10.00. The van der Waals surface area contributed by atoms with Crippen molar-refractivity contribution in [3.05, 3.63) is 60.3 Å². The quantitative estimate of drug-likeness (QED) is 0.250. The average Bonchev–Trinajstić information content (AvgIpc) is 3.54. The number of rotatable bonds is 9. The number of carbonyl (C=O) groups excluding carboxylic acids is 1. The Morgan fingerprint density at radius 1 is 1.22 bits per heavy atom. The third kappa shape index (κ3) is 4.89. The second-order valence-electron chi connectivity index (χ2n) is 8.83. The Bertz CT molecular complexity index is 1420. The van der Waals surface area contributed by atoms with E-state index >= 15 is 4.39 Å². The van der Waals surface area contributed by atoms with E-state index in [1.807, 2.05) is 35.7 Å². The van der Waals surface area contributed by atoms with Gasteiger partial charge in [0.25, 0.3) is 0 Å². The van der Waals surface area contributed by atoms with Crippen LogP contribution in [0.15, 0.2) is 54.4 Å². The normalized spacial score (nSPS) is 15.9. The van der Waals surface area contributed by atoms with Crippen molar-refractivity contribution in [2.45, 2.75) is 18.9 Å². The van der Waals surface area contributed by atoms with E-state index in [1.165, 1.54) is 6.08 Å². The summed E-state index contributed by atoms with van der Waals surface area (Å²) in [6, 6.07) is 11.9. The molecular weight excluding hydrogens is 477 g/mol. The van der Waals surface area contributed by atoms with E-state index in [0.29, 0.717) is 36.5 Å². The smallest absolute Gasteiger partial charge is 0.319 e. The number of fused-ring (bicyclic) bond motifs is 2. The minimum Gasteiger partial charge on any atom is -0.462 e. The van der Waals surface area contributed by atoms with Crippen LogP contribution in [0.25, 0.3) is 32.1 Å². The van der Waals surface area contributed by atoms with Crippen LogP contribution in [-0.4, -0.2) is 60.1 Å². The molecule has 1 fully saturated rings. The lowest BCUT2D eigenvalue weighted by Gasteiger charge is -2.19. The molecule has 1 aliphatic heterocycles. The largest absolute Gasteiger partial charge is 0.462 e. The fourth-order valence-corrected chi connectivity index (χ4v) is 5.39. The van der Waals surface area contributed by atoms with Gasteiger partial charge in [-0.2, -0.15) is 9.97 Å². The molecule has 2 aromatic carbocycles. The van der Waals surface area contributed by atoms with Crippen LogP contribution in [0.2, 0.25) is 0 Å². The molecule has 1 saturated heterocycles. The molecule has 0 spiro atoms. The number of nitrogens with one attached hydrogen (secondary N) is 2. The molecule has 1 aliphatic rings. The van der Waals surface area contributed by atoms with Crippen LogP contribution < -0.4 is 15.4 Å². The van der Waals surface area contributed by atoms with E-state index in [-0.39, 0.29) is 23.5 Å². The second-order valence-corrected chi connectivity index (χ2v) is 9.77. The zero-order chi connectivity index (χ0) is 25.1. The van der Waals surface area contributed by atoms with Crippen LogP contribution in [0.5, 0.6) is 6.01 Å². The predicted molar refractivity (Wildman–Crippen MR) is 143 cm³/mol. The summed E-state index contributed by atoms with van der Waals surface area (Å²) in [5.74, 6) is -0.214. The van der Waals surface area contributed by atoms with Crippen molar-refractivity contribution in [3.8, 4) is 17.1 Å². The van der Waals surface area contributed by atoms with Gasteiger partial charge < -0.3 is 20.3 Å². The first-order valence-corrected chi connectivity index (χ1v) is 12.9. The van der Waals surface area contributed by atoms with Gasteiger partial charge >= 0.3 is 6.01 Å². The molecule has 0 bridgehead atoms. The summed E-state index contributed by atoms with van der Waals surface area (Å²) in [6.07, 6.45) is 3.39. The molecule has 2 N–H and O–H groups in total. The SMILES string of the molecule is C=CC(=O)NCCNc1nc(OC[C@@H]2CCCN2C)nc2c(F)c(-c3cccc4sccc34)ccc12. The van der Waals surface area contributed by atoms with Crippen molar-refractivity contribution >= 4 is 44.1 Å². The zero-order valence-electron chi connectivity index (χ0n) is 20.1. The van der Waals surface area contributed by atoms with E-state index in [4.69, 9.17) is 4.74 Å². The number of hydrogen-bond donors (Lipinski definition) is 2. The molecule has 0 saturated carbocycles. The molecule has 1 atom stereocenters. The van der Waals surface area contributed by atoms with E-state index in [1.54, 1.807) is 17.4 Å². The molecule has 4 aromatic rings. The fraction of sp³-hybridized carbons (Fsp3) is 0.296. The van der Waals surface area contributed by atoms with Crippen LogP contribution in [0.3, 0.4) is 0 Å². The number of thiophene rings is 1. The maximum Gasteiger partial charge on any atom is 0.319 e. The van der Waals surface area contributed by atoms with Gasteiger partial charge in [0.15, 0.2) is 5.82 Å². The number of carbonyl (C=O) groups is 1. The van der Waals surface area contributed by atoms with Crippen LogP contribution >= 0.6 is 11.3 Å². The number of amides is 1. The van der Waals surface area contributed by atoms with Crippen LogP contribution in [0.1, 0.15) is 12.8 Å². The predicted octanol–water partition coefficient (Wildman–Crippen LogP) is 4.84. The Morgan fingerprint density at radius 3 is 2.92 bits per heavy atom. The summed E-state index contributed by atoms with van der Waals surface area (Å²) in [5.41, 5.74) is 1.50. The summed E-state index contributed by atoms with van der Waals surface area (Å²) >= 11 is 1.63. The Balaban J connectivity index is 1.51. The van der Waals surface area contributed by atoms with E-state index in [2.05, 4.69) is 39.1 Å². The number of ether oxygens (including phenoxy) is 1. The standard InChI is InChI=1S/C27H28FN5O2S/c1-3-23(34)29-12-13-30-26-21-10-9-20(18-7-4-8-22-19(18)11-15-36-22)24(28)25(21)31-27(32-26)35-16-17-6-5-14-33(17)2/h3-4,7-11,15,17H,1,5-6,12-14,16H2,2H3,(H,29,34)(H,30,31,32)/t17-/m0/s1. The Morgan fingerprint density at radius 2 is 2.11 bits per heavy atom. The molecular formula is C27H28FN5O2S. The highest BCUT2D eigenvalue weighted by Crippen LogP contribution is 2.36. The first-order chi connectivity index (χ1) is 17.5. The van der Waals surface area contributed by atoms with Gasteiger partial charge in [-0.05, 0) is 61.7 Å². The topological polar surface area (TPSA) is 79.4 Å². The molecule has 36 heavy (non-hydrogen) atoms. The van der Waals surface area contributed by atoms with Crippen LogP contribution in [-0.2, 0) is 4.79 Å². The summed E-state index contributed by atoms with van der Waals surface area (Å²) in [4.78, 5) is 22.8. The van der Waals surface area contributed by atoms with Gasteiger partial charge in [0.2, 0.25) is 5.91 Å². The molecule has 1 amide bonds. The van der Waals surface area contributed by atoms with Gasteiger partial charge in [-0.15, -0.1) is 11.3 Å². The number of likely N-dealkylation sites (tertiary alicyclic amines) is 1. The van der Waals surface area contributed by atoms with Crippen LogP contribution in [0, 0.1) is 5.82 Å². The van der Waals surface area contributed by atoms with E-state index in [0.717, 1.165) is 35.0 Å². The average molecular weight is 506 g/mol. The molecule has 186 valence electrons. The summed E-state index contributed by atoms with van der Waals surface area (Å²) in [6.45, 7) is 5.68. The lowest BCUT2D eigenvalue weighted by molar-refractivity contribution is -0.116. The van der Waals surface area contributed by atoms with Crippen LogP contribution in [0.4, 0.5) is 10.2 Å². The van der Waals surface area contributed by atoms with E-state index < -0.39 is 5.82 Å². The highest BCUT2D eigenvalue weighted by atomic mass is 32.1. The van der Waals surface area contributed by atoms with Crippen molar-refractivity contribution in [2.24, 2.45) is 0 Å². The minimum atomic E-state index is -0.417.